The number of piperidine rings is 1. The number of β-amino-alcohol motifs (C(OH)–C–C–N with tert-alkyl or cyclic N) is 1. The van der Waals surface area contributed by atoms with Gasteiger partial charge in [0.05, 0.1) is 11.7 Å². The van der Waals surface area contributed by atoms with Gasteiger partial charge >= 0.3 is 6.18 Å². The molecule has 9 heteroatoms. The van der Waals surface area contributed by atoms with Gasteiger partial charge in [0.1, 0.15) is 10.7 Å². The van der Waals surface area contributed by atoms with Gasteiger partial charge < -0.3 is 5.11 Å². The molecule has 1 aliphatic rings. The summed E-state index contributed by atoms with van der Waals surface area (Å²) < 4.78 is 77.3. The molecule has 0 amide bonds. The first-order valence-corrected chi connectivity index (χ1v) is 8.02. The molecule has 124 valence electrons. The zero-order valence-corrected chi connectivity index (χ0v) is 12.5. The average molecular weight is 341 g/mol. The van der Waals surface area contributed by atoms with E-state index in [1.807, 2.05) is 0 Å². The first-order valence-electron chi connectivity index (χ1n) is 6.58. The lowest BCUT2D eigenvalue weighted by molar-refractivity contribution is -0.137. The predicted octanol–water partition coefficient (Wildman–Crippen LogP) is 2.24. The fourth-order valence-corrected chi connectivity index (χ4v) is 3.82. The molecule has 2 unspecified atom stereocenters. The van der Waals surface area contributed by atoms with E-state index in [0.29, 0.717) is 18.6 Å². The molecule has 0 aromatic heterocycles. The predicted molar refractivity (Wildman–Crippen MR) is 69.9 cm³/mol. The molecule has 4 nitrogen and oxygen atoms in total. The number of rotatable bonds is 2. The minimum Gasteiger partial charge on any atom is -0.391 e. The van der Waals surface area contributed by atoms with Crippen molar-refractivity contribution in [3.05, 3.63) is 29.6 Å². The fourth-order valence-electron chi connectivity index (χ4n) is 2.25. The third kappa shape index (κ3) is 3.26. The number of halogens is 4. The van der Waals surface area contributed by atoms with E-state index in [1.54, 1.807) is 6.92 Å². The molecular formula is C13H15F4NO3S. The number of nitrogens with zero attached hydrogens (tertiary/aromatic N) is 1. The van der Waals surface area contributed by atoms with Crippen LogP contribution < -0.4 is 0 Å². The van der Waals surface area contributed by atoms with E-state index in [1.165, 1.54) is 0 Å². The summed E-state index contributed by atoms with van der Waals surface area (Å²) in [7, 11) is -4.43. The van der Waals surface area contributed by atoms with E-state index >= 15 is 0 Å². The zero-order chi connectivity index (χ0) is 16.7. The van der Waals surface area contributed by atoms with Crippen molar-refractivity contribution in [2.75, 3.05) is 13.1 Å². The van der Waals surface area contributed by atoms with E-state index in [4.69, 9.17) is 0 Å². The molecule has 1 saturated heterocycles. The van der Waals surface area contributed by atoms with Crippen LogP contribution >= 0.6 is 0 Å². The van der Waals surface area contributed by atoms with Crippen LogP contribution in [0.25, 0.3) is 0 Å². The summed E-state index contributed by atoms with van der Waals surface area (Å²) in [4.78, 5) is -1.02. The van der Waals surface area contributed by atoms with Crippen LogP contribution in [0.15, 0.2) is 23.1 Å². The maximum Gasteiger partial charge on any atom is 0.416 e. The highest BCUT2D eigenvalue weighted by Gasteiger charge is 2.37. The van der Waals surface area contributed by atoms with Crippen molar-refractivity contribution < 1.29 is 31.1 Å². The molecule has 22 heavy (non-hydrogen) atoms. The maximum absolute atomic E-state index is 13.7. The molecular weight excluding hydrogens is 326 g/mol. The normalized spacial score (nSPS) is 24.5. The molecule has 2 atom stereocenters. The van der Waals surface area contributed by atoms with Gasteiger partial charge in [-0.3, -0.25) is 0 Å². The van der Waals surface area contributed by atoms with Crippen molar-refractivity contribution in [3.63, 3.8) is 0 Å². The van der Waals surface area contributed by atoms with Crippen molar-refractivity contribution >= 4 is 10.0 Å². The SMILES string of the molecule is CC1CCN(S(=O)(=O)c2cc(C(F)(F)F)ccc2F)CC1O. The second kappa shape index (κ2) is 5.78. The molecule has 1 N–H and O–H groups in total. The molecule has 1 aromatic carbocycles. The van der Waals surface area contributed by atoms with Gasteiger partial charge in [0, 0.05) is 13.1 Å². The van der Waals surface area contributed by atoms with Gasteiger partial charge in [0.25, 0.3) is 0 Å². The standard InChI is InChI=1S/C13H15F4NO3S/c1-8-4-5-18(7-11(8)19)22(20,21)12-6-9(13(15,16)17)2-3-10(12)14/h2-3,6,8,11,19H,4-5,7H2,1H3. The first kappa shape index (κ1) is 17.2. The Labute approximate surface area is 125 Å². The van der Waals surface area contributed by atoms with Gasteiger partial charge in [0.15, 0.2) is 0 Å². The Balaban J connectivity index is 2.41. The number of aliphatic hydroxyl groups is 1. The minimum atomic E-state index is -4.77. The van der Waals surface area contributed by atoms with Crippen LogP contribution in [-0.2, 0) is 16.2 Å². The Morgan fingerprint density at radius 3 is 2.50 bits per heavy atom. The van der Waals surface area contributed by atoms with Crippen LogP contribution in [0.2, 0.25) is 0 Å². The summed E-state index contributed by atoms with van der Waals surface area (Å²) in [6, 6.07) is 1.26. The Morgan fingerprint density at radius 1 is 1.32 bits per heavy atom. The molecule has 0 bridgehead atoms. The zero-order valence-electron chi connectivity index (χ0n) is 11.6. The Hall–Kier alpha value is -1.19. The largest absolute Gasteiger partial charge is 0.416 e. The third-order valence-electron chi connectivity index (χ3n) is 3.76. The molecule has 2 rings (SSSR count). The number of hydrogen-bond acceptors (Lipinski definition) is 3. The number of aliphatic hydroxyl groups excluding tert-OH is 1. The van der Waals surface area contributed by atoms with E-state index in [2.05, 4.69) is 0 Å². The molecule has 1 aliphatic heterocycles. The number of hydrogen-bond donors (Lipinski definition) is 1. The van der Waals surface area contributed by atoms with Gasteiger partial charge in [-0.25, -0.2) is 12.8 Å². The summed E-state index contributed by atoms with van der Waals surface area (Å²) in [6.07, 6.45) is -5.35. The number of alkyl halides is 3. The molecule has 1 heterocycles. The van der Waals surface area contributed by atoms with Crippen LogP contribution in [0.3, 0.4) is 0 Å². The van der Waals surface area contributed by atoms with Gasteiger partial charge in [-0.2, -0.15) is 17.5 Å². The van der Waals surface area contributed by atoms with E-state index < -0.39 is 38.6 Å². The van der Waals surface area contributed by atoms with Crippen molar-refractivity contribution in [3.8, 4) is 0 Å². The fraction of sp³-hybridized carbons (Fsp3) is 0.538. The first-order chi connectivity index (χ1) is 10.0. The highest BCUT2D eigenvalue weighted by molar-refractivity contribution is 7.89. The van der Waals surface area contributed by atoms with Crippen LogP contribution in [0.5, 0.6) is 0 Å². The highest BCUT2D eigenvalue weighted by atomic mass is 32.2. The summed E-state index contributed by atoms with van der Waals surface area (Å²) in [5, 5.41) is 9.73. The second-order valence-electron chi connectivity index (χ2n) is 5.34. The minimum absolute atomic E-state index is 0.0241. The quantitative estimate of drug-likeness (QED) is 0.840. The summed E-state index contributed by atoms with van der Waals surface area (Å²) in [5.74, 6) is -1.38. The molecule has 1 aromatic rings. The Kier molecular flexibility index (Phi) is 4.51. The Bertz CT molecular complexity index is 660. The lowest BCUT2D eigenvalue weighted by Crippen LogP contribution is -2.45. The van der Waals surface area contributed by atoms with Crippen molar-refractivity contribution in [1.29, 1.82) is 0 Å². The van der Waals surface area contributed by atoms with Crippen LogP contribution in [0.1, 0.15) is 18.9 Å². The number of benzene rings is 1. The summed E-state index contributed by atoms with van der Waals surface area (Å²) in [6.45, 7) is 1.49. The van der Waals surface area contributed by atoms with Crippen LogP contribution in [0, 0.1) is 11.7 Å². The van der Waals surface area contributed by atoms with Crippen LogP contribution in [-0.4, -0.2) is 37.0 Å². The molecule has 0 aliphatic carbocycles. The van der Waals surface area contributed by atoms with E-state index in [0.717, 1.165) is 4.31 Å². The monoisotopic (exact) mass is 341 g/mol. The smallest absolute Gasteiger partial charge is 0.391 e. The lowest BCUT2D eigenvalue weighted by atomic mass is 9.98. The average Bonchev–Trinajstić information content (AvgIpc) is 2.40. The lowest BCUT2D eigenvalue weighted by Gasteiger charge is -2.33. The molecule has 0 spiro atoms. The highest BCUT2D eigenvalue weighted by Crippen LogP contribution is 2.33. The van der Waals surface area contributed by atoms with Gasteiger partial charge in [-0.1, -0.05) is 6.92 Å². The Morgan fingerprint density at radius 2 is 1.95 bits per heavy atom. The molecule has 0 saturated carbocycles. The van der Waals surface area contributed by atoms with Crippen molar-refractivity contribution in [2.24, 2.45) is 5.92 Å². The molecule has 0 radical (unpaired) electrons. The molecule has 1 fully saturated rings. The summed E-state index contributed by atoms with van der Waals surface area (Å²) >= 11 is 0. The van der Waals surface area contributed by atoms with Gasteiger partial charge in [0.2, 0.25) is 10.0 Å². The van der Waals surface area contributed by atoms with E-state index in [9.17, 15) is 31.1 Å². The van der Waals surface area contributed by atoms with Crippen molar-refractivity contribution in [2.45, 2.75) is 30.5 Å². The maximum atomic E-state index is 13.7. The van der Waals surface area contributed by atoms with Gasteiger partial charge in [-0.05, 0) is 30.5 Å². The summed E-state index contributed by atoms with van der Waals surface area (Å²) in [5.41, 5.74) is -1.24. The van der Waals surface area contributed by atoms with Crippen LogP contribution in [0.4, 0.5) is 17.6 Å². The van der Waals surface area contributed by atoms with Crippen molar-refractivity contribution in [1.82, 2.24) is 4.31 Å². The van der Waals surface area contributed by atoms with Gasteiger partial charge in [-0.15, -0.1) is 0 Å². The number of sulfonamides is 1. The third-order valence-corrected chi connectivity index (χ3v) is 5.64. The van der Waals surface area contributed by atoms with E-state index in [-0.39, 0.29) is 25.1 Å². The topological polar surface area (TPSA) is 57.6 Å². The second-order valence-corrected chi connectivity index (χ2v) is 7.25.